The highest BCUT2D eigenvalue weighted by atomic mass is 32.2. The van der Waals surface area contributed by atoms with Crippen molar-refractivity contribution in [1.82, 2.24) is 9.21 Å². The number of hydrogen-bond donors (Lipinski definition) is 0. The van der Waals surface area contributed by atoms with Gasteiger partial charge in [0.25, 0.3) is 0 Å². The van der Waals surface area contributed by atoms with Crippen LogP contribution in [0.5, 0.6) is 5.75 Å². The fraction of sp³-hybridized carbons (Fsp3) is 0.500. The molecule has 1 aliphatic carbocycles. The summed E-state index contributed by atoms with van der Waals surface area (Å²) < 4.78 is 67.0. The van der Waals surface area contributed by atoms with E-state index in [1.807, 2.05) is 6.08 Å². The average molecular weight is 418 g/mol. The summed E-state index contributed by atoms with van der Waals surface area (Å²) in [4.78, 5) is 13.9. The van der Waals surface area contributed by atoms with Crippen molar-refractivity contribution >= 4 is 15.9 Å². The molecule has 1 fully saturated rings. The minimum atomic E-state index is -4.84. The van der Waals surface area contributed by atoms with Crippen LogP contribution >= 0.6 is 0 Å². The Morgan fingerprint density at radius 3 is 2.29 bits per heavy atom. The molecule has 6 nitrogen and oxygen atoms in total. The molecule has 1 atom stereocenters. The van der Waals surface area contributed by atoms with Gasteiger partial charge in [-0.15, -0.1) is 13.2 Å². The van der Waals surface area contributed by atoms with Gasteiger partial charge in [0.1, 0.15) is 5.75 Å². The van der Waals surface area contributed by atoms with Crippen LogP contribution in [0.25, 0.3) is 0 Å². The van der Waals surface area contributed by atoms with Crippen LogP contribution in [0.15, 0.2) is 41.3 Å². The zero-order valence-corrected chi connectivity index (χ0v) is 15.9. The summed E-state index contributed by atoms with van der Waals surface area (Å²) in [5.41, 5.74) is 0. The van der Waals surface area contributed by atoms with Crippen molar-refractivity contribution in [1.29, 1.82) is 0 Å². The summed E-state index contributed by atoms with van der Waals surface area (Å²) in [5, 5.41) is 0. The summed E-state index contributed by atoms with van der Waals surface area (Å²) in [6, 6.07) is 4.10. The van der Waals surface area contributed by atoms with Crippen LogP contribution < -0.4 is 4.74 Å². The number of rotatable bonds is 5. The normalized spacial score (nSPS) is 21.1. The van der Waals surface area contributed by atoms with E-state index in [1.54, 1.807) is 4.90 Å². The number of benzene rings is 1. The minimum Gasteiger partial charge on any atom is -0.406 e. The first-order chi connectivity index (χ1) is 13.1. The van der Waals surface area contributed by atoms with Crippen LogP contribution in [0, 0.1) is 5.92 Å². The third kappa shape index (κ3) is 5.05. The molecule has 1 aromatic carbocycles. The third-order valence-electron chi connectivity index (χ3n) is 4.84. The first-order valence-electron chi connectivity index (χ1n) is 8.95. The van der Waals surface area contributed by atoms with Crippen molar-refractivity contribution in [3.63, 3.8) is 0 Å². The van der Waals surface area contributed by atoms with Crippen molar-refractivity contribution in [2.45, 2.75) is 30.5 Å². The smallest absolute Gasteiger partial charge is 0.406 e. The SMILES string of the molecule is O=C(C[C@@H]1C=CCC1)N1CCN(S(=O)(=O)c2ccc(OC(F)(F)F)cc2)CC1. The Balaban J connectivity index is 1.58. The maximum absolute atomic E-state index is 12.7. The predicted molar refractivity (Wildman–Crippen MR) is 94.9 cm³/mol. The topological polar surface area (TPSA) is 66.9 Å². The Morgan fingerprint density at radius 2 is 1.75 bits per heavy atom. The number of sulfonamides is 1. The molecule has 1 aliphatic heterocycles. The van der Waals surface area contributed by atoms with E-state index in [4.69, 9.17) is 0 Å². The van der Waals surface area contributed by atoms with E-state index in [2.05, 4.69) is 10.8 Å². The molecule has 28 heavy (non-hydrogen) atoms. The summed E-state index contributed by atoms with van der Waals surface area (Å²) in [6.45, 7) is 0.887. The second-order valence-electron chi connectivity index (χ2n) is 6.77. The molecule has 154 valence electrons. The third-order valence-corrected chi connectivity index (χ3v) is 6.75. The molecule has 1 heterocycles. The first-order valence-corrected chi connectivity index (χ1v) is 10.4. The largest absolute Gasteiger partial charge is 0.573 e. The number of hydrogen-bond acceptors (Lipinski definition) is 4. The summed E-state index contributed by atoms with van der Waals surface area (Å²) in [6.07, 6.45) is 1.66. The van der Waals surface area contributed by atoms with E-state index in [9.17, 15) is 26.4 Å². The molecular formula is C18H21F3N2O4S. The predicted octanol–water partition coefficient (Wildman–Crippen LogP) is 2.77. The van der Waals surface area contributed by atoms with Gasteiger partial charge in [0.2, 0.25) is 15.9 Å². The van der Waals surface area contributed by atoms with E-state index >= 15 is 0 Å². The molecule has 3 rings (SSSR count). The number of carbonyl (C=O) groups is 1. The molecular weight excluding hydrogens is 397 g/mol. The molecule has 0 bridgehead atoms. The van der Waals surface area contributed by atoms with Crippen molar-refractivity contribution < 1.29 is 31.1 Å². The van der Waals surface area contributed by atoms with E-state index in [-0.39, 0.29) is 29.8 Å². The van der Waals surface area contributed by atoms with Gasteiger partial charge in [0.15, 0.2) is 0 Å². The van der Waals surface area contributed by atoms with E-state index in [1.165, 1.54) is 4.31 Å². The molecule has 0 radical (unpaired) electrons. The summed E-state index contributed by atoms with van der Waals surface area (Å²) in [7, 11) is -3.85. The Bertz CT molecular complexity index is 829. The fourth-order valence-electron chi connectivity index (χ4n) is 3.36. The molecule has 10 heteroatoms. The van der Waals surface area contributed by atoms with E-state index < -0.39 is 22.1 Å². The molecule has 0 spiro atoms. The van der Waals surface area contributed by atoms with E-state index in [0.29, 0.717) is 19.5 Å². The molecule has 0 saturated carbocycles. The van der Waals surface area contributed by atoms with Crippen LogP contribution in [0.1, 0.15) is 19.3 Å². The van der Waals surface area contributed by atoms with Gasteiger partial charge in [-0.25, -0.2) is 8.42 Å². The highest BCUT2D eigenvalue weighted by molar-refractivity contribution is 7.89. The van der Waals surface area contributed by atoms with Gasteiger partial charge in [-0.05, 0) is 43.0 Å². The molecule has 1 saturated heterocycles. The molecule has 2 aliphatic rings. The highest BCUT2D eigenvalue weighted by Gasteiger charge is 2.33. The minimum absolute atomic E-state index is 0.0160. The maximum Gasteiger partial charge on any atom is 0.573 e. The second kappa shape index (κ2) is 8.12. The number of halogens is 3. The molecule has 0 unspecified atom stereocenters. The second-order valence-corrected chi connectivity index (χ2v) is 8.71. The van der Waals surface area contributed by atoms with Gasteiger partial charge >= 0.3 is 6.36 Å². The van der Waals surface area contributed by atoms with Crippen LogP contribution in [0.3, 0.4) is 0 Å². The van der Waals surface area contributed by atoms with Gasteiger partial charge in [0.05, 0.1) is 4.90 Å². The zero-order chi connectivity index (χ0) is 20.4. The molecule has 0 aromatic heterocycles. The van der Waals surface area contributed by atoms with Gasteiger partial charge in [0, 0.05) is 32.6 Å². The number of ether oxygens (including phenoxy) is 1. The lowest BCUT2D eigenvalue weighted by Gasteiger charge is -2.34. The lowest BCUT2D eigenvalue weighted by atomic mass is 10.0. The molecule has 1 amide bonds. The fourth-order valence-corrected chi connectivity index (χ4v) is 4.78. The number of nitrogens with zero attached hydrogens (tertiary/aromatic N) is 2. The summed E-state index contributed by atoms with van der Waals surface area (Å²) in [5.74, 6) is -0.211. The Morgan fingerprint density at radius 1 is 1.11 bits per heavy atom. The van der Waals surface area contributed by atoms with Crippen LogP contribution in [-0.4, -0.2) is 56.1 Å². The Hall–Kier alpha value is -2.07. The Labute approximate surface area is 161 Å². The lowest BCUT2D eigenvalue weighted by molar-refractivity contribution is -0.274. The number of alkyl halides is 3. The number of amides is 1. The van der Waals surface area contributed by atoms with Crippen molar-refractivity contribution in [3.8, 4) is 5.75 Å². The number of piperazine rings is 1. The van der Waals surface area contributed by atoms with Crippen molar-refractivity contribution in [3.05, 3.63) is 36.4 Å². The number of allylic oxidation sites excluding steroid dienone is 2. The van der Waals surface area contributed by atoms with Crippen molar-refractivity contribution in [2.75, 3.05) is 26.2 Å². The molecule has 1 aromatic rings. The van der Waals surface area contributed by atoms with Gasteiger partial charge in [-0.1, -0.05) is 12.2 Å². The monoisotopic (exact) mass is 418 g/mol. The highest BCUT2D eigenvalue weighted by Crippen LogP contribution is 2.26. The Kier molecular flexibility index (Phi) is 5.99. The van der Waals surface area contributed by atoms with Crippen LogP contribution in [-0.2, 0) is 14.8 Å². The van der Waals surface area contributed by atoms with Gasteiger partial charge < -0.3 is 9.64 Å². The standard InChI is InChI=1S/C18H21F3N2O4S/c19-18(20,21)27-15-5-7-16(8-6-15)28(25,26)23-11-9-22(10-12-23)17(24)13-14-3-1-2-4-14/h1,3,5-8,14H,2,4,9-13H2/t14-/m1/s1. The van der Waals surface area contributed by atoms with Crippen molar-refractivity contribution in [2.24, 2.45) is 5.92 Å². The van der Waals surface area contributed by atoms with Gasteiger partial charge in [-0.2, -0.15) is 4.31 Å². The average Bonchev–Trinajstić information content (AvgIpc) is 3.14. The maximum atomic E-state index is 12.7. The van der Waals surface area contributed by atoms with Gasteiger partial charge in [-0.3, -0.25) is 4.79 Å². The zero-order valence-electron chi connectivity index (χ0n) is 15.1. The number of carbonyl (C=O) groups excluding carboxylic acids is 1. The van der Waals surface area contributed by atoms with Crippen LogP contribution in [0.4, 0.5) is 13.2 Å². The molecule has 0 N–H and O–H groups in total. The summed E-state index contributed by atoms with van der Waals surface area (Å²) >= 11 is 0. The lowest BCUT2D eigenvalue weighted by Crippen LogP contribution is -2.50. The van der Waals surface area contributed by atoms with E-state index in [0.717, 1.165) is 37.1 Å². The first kappa shape index (κ1) is 20.7. The quantitative estimate of drug-likeness (QED) is 0.690. The van der Waals surface area contributed by atoms with Crippen LogP contribution in [0.2, 0.25) is 0 Å².